The maximum absolute atomic E-state index is 12.4. The van der Waals surface area contributed by atoms with Gasteiger partial charge in [0.2, 0.25) is 0 Å². The Bertz CT molecular complexity index is 906. The minimum absolute atomic E-state index is 0.134. The molecule has 2 N–H and O–H groups in total. The number of H-pyrrole nitrogens is 1. The first-order chi connectivity index (χ1) is 12.2. The number of hydrogen-bond acceptors (Lipinski definition) is 2. The number of fused-ring (bicyclic) bond motifs is 1. The fourth-order valence-corrected chi connectivity index (χ4v) is 3.47. The summed E-state index contributed by atoms with van der Waals surface area (Å²) < 4.78 is 1.98. The number of aromatic amines is 1. The molecule has 0 saturated carbocycles. The zero-order valence-electron chi connectivity index (χ0n) is 14.4. The van der Waals surface area contributed by atoms with Crippen LogP contribution in [0.25, 0.3) is 11.4 Å². The van der Waals surface area contributed by atoms with Crippen molar-refractivity contribution in [1.82, 2.24) is 20.1 Å². The van der Waals surface area contributed by atoms with E-state index >= 15 is 0 Å². The number of amides is 1. The van der Waals surface area contributed by atoms with Crippen molar-refractivity contribution in [1.29, 1.82) is 0 Å². The third kappa shape index (κ3) is 3.22. The van der Waals surface area contributed by atoms with E-state index < -0.39 is 0 Å². The molecular weight excluding hydrogens is 312 g/mol. The minimum atomic E-state index is -0.134. The molecule has 3 aromatic rings. The highest BCUT2D eigenvalue weighted by molar-refractivity contribution is 5.93. The monoisotopic (exact) mass is 334 g/mol. The SMILES string of the molecule is Cn1cccc1-c1cc(C(=O)NCc2ccc3c(c2)CCCC3)[nH]n1. The van der Waals surface area contributed by atoms with Gasteiger partial charge in [-0.3, -0.25) is 9.89 Å². The van der Waals surface area contributed by atoms with Crippen LogP contribution in [0.5, 0.6) is 0 Å². The van der Waals surface area contributed by atoms with E-state index in [0.29, 0.717) is 12.2 Å². The van der Waals surface area contributed by atoms with Crippen LogP contribution in [-0.4, -0.2) is 20.7 Å². The fourth-order valence-electron chi connectivity index (χ4n) is 3.47. The van der Waals surface area contributed by atoms with Crippen molar-refractivity contribution in [3.05, 3.63) is 65.0 Å². The van der Waals surface area contributed by atoms with Gasteiger partial charge in [0.05, 0.1) is 5.69 Å². The zero-order chi connectivity index (χ0) is 17.2. The number of carbonyl (C=O) groups excluding carboxylic acids is 1. The first-order valence-corrected chi connectivity index (χ1v) is 8.77. The van der Waals surface area contributed by atoms with E-state index in [1.165, 1.54) is 30.4 Å². The van der Waals surface area contributed by atoms with Crippen molar-refractivity contribution in [3.8, 4) is 11.4 Å². The summed E-state index contributed by atoms with van der Waals surface area (Å²) >= 11 is 0. The van der Waals surface area contributed by atoms with Crippen LogP contribution in [0.2, 0.25) is 0 Å². The van der Waals surface area contributed by atoms with Crippen molar-refractivity contribution in [2.24, 2.45) is 7.05 Å². The Hall–Kier alpha value is -2.82. The van der Waals surface area contributed by atoms with Gasteiger partial charge in [-0.25, -0.2) is 0 Å². The molecular formula is C20H22N4O. The van der Waals surface area contributed by atoms with Gasteiger partial charge < -0.3 is 9.88 Å². The van der Waals surface area contributed by atoms with Crippen LogP contribution in [0.4, 0.5) is 0 Å². The third-order valence-electron chi connectivity index (χ3n) is 4.89. The molecule has 5 nitrogen and oxygen atoms in total. The van der Waals surface area contributed by atoms with Crippen LogP contribution >= 0.6 is 0 Å². The fraction of sp³-hybridized carbons (Fsp3) is 0.300. The summed E-state index contributed by atoms with van der Waals surface area (Å²) in [7, 11) is 1.96. The highest BCUT2D eigenvalue weighted by Crippen LogP contribution is 2.22. The van der Waals surface area contributed by atoms with Gasteiger partial charge in [-0.05, 0) is 60.6 Å². The van der Waals surface area contributed by atoms with Crippen molar-refractivity contribution >= 4 is 5.91 Å². The van der Waals surface area contributed by atoms with Gasteiger partial charge in [0.1, 0.15) is 11.4 Å². The normalized spacial score (nSPS) is 13.5. The lowest BCUT2D eigenvalue weighted by Gasteiger charge is -2.16. The summed E-state index contributed by atoms with van der Waals surface area (Å²) in [6, 6.07) is 12.3. The van der Waals surface area contributed by atoms with Crippen molar-refractivity contribution in [2.75, 3.05) is 0 Å². The van der Waals surface area contributed by atoms with Crippen LogP contribution < -0.4 is 5.32 Å². The summed E-state index contributed by atoms with van der Waals surface area (Å²) in [5.74, 6) is -0.134. The maximum Gasteiger partial charge on any atom is 0.269 e. The Morgan fingerprint density at radius 2 is 2.04 bits per heavy atom. The molecule has 0 radical (unpaired) electrons. The Morgan fingerprint density at radius 3 is 2.84 bits per heavy atom. The van der Waals surface area contributed by atoms with Crippen LogP contribution in [0.3, 0.4) is 0 Å². The lowest BCUT2D eigenvalue weighted by Crippen LogP contribution is -2.23. The van der Waals surface area contributed by atoms with Gasteiger partial charge in [-0.15, -0.1) is 0 Å². The highest BCUT2D eigenvalue weighted by Gasteiger charge is 2.13. The average molecular weight is 334 g/mol. The molecule has 1 amide bonds. The van der Waals surface area contributed by atoms with Gasteiger partial charge in [0.25, 0.3) is 5.91 Å². The number of benzene rings is 1. The quantitative estimate of drug-likeness (QED) is 0.769. The number of nitrogens with one attached hydrogen (secondary N) is 2. The van der Waals surface area contributed by atoms with E-state index in [1.54, 1.807) is 6.07 Å². The summed E-state index contributed by atoms with van der Waals surface area (Å²) in [5.41, 5.74) is 6.27. The summed E-state index contributed by atoms with van der Waals surface area (Å²) in [5, 5.41) is 10.1. The van der Waals surface area contributed by atoms with Gasteiger partial charge in [0.15, 0.2) is 0 Å². The number of aryl methyl sites for hydroxylation is 3. The molecule has 5 heteroatoms. The largest absolute Gasteiger partial charge is 0.349 e. The van der Waals surface area contributed by atoms with Crippen LogP contribution in [0.15, 0.2) is 42.6 Å². The maximum atomic E-state index is 12.4. The molecule has 2 heterocycles. The first-order valence-electron chi connectivity index (χ1n) is 8.77. The topological polar surface area (TPSA) is 62.7 Å². The predicted octanol–water partition coefficient (Wildman–Crippen LogP) is 3.22. The van der Waals surface area contributed by atoms with Crippen molar-refractivity contribution in [2.45, 2.75) is 32.2 Å². The van der Waals surface area contributed by atoms with E-state index in [9.17, 15) is 4.79 Å². The molecule has 4 rings (SSSR count). The van der Waals surface area contributed by atoms with Gasteiger partial charge in [-0.1, -0.05) is 18.2 Å². The minimum Gasteiger partial charge on any atom is -0.349 e. The van der Waals surface area contributed by atoms with Crippen molar-refractivity contribution in [3.63, 3.8) is 0 Å². The molecule has 1 aromatic carbocycles. The Morgan fingerprint density at radius 1 is 1.20 bits per heavy atom. The number of nitrogens with zero attached hydrogens (tertiary/aromatic N) is 2. The molecule has 128 valence electrons. The molecule has 0 saturated heterocycles. The van der Waals surface area contributed by atoms with Crippen LogP contribution in [0.1, 0.15) is 40.0 Å². The lowest BCUT2D eigenvalue weighted by molar-refractivity contribution is 0.0946. The lowest BCUT2D eigenvalue weighted by atomic mass is 9.90. The Kier molecular flexibility index (Phi) is 4.14. The molecule has 0 spiro atoms. The van der Waals surface area contributed by atoms with E-state index in [-0.39, 0.29) is 5.91 Å². The molecule has 0 unspecified atom stereocenters. The second-order valence-electron chi connectivity index (χ2n) is 6.66. The van der Waals surface area contributed by atoms with E-state index in [0.717, 1.165) is 23.4 Å². The van der Waals surface area contributed by atoms with Crippen molar-refractivity contribution < 1.29 is 4.79 Å². The zero-order valence-corrected chi connectivity index (χ0v) is 14.4. The molecule has 2 aromatic heterocycles. The molecule has 25 heavy (non-hydrogen) atoms. The first kappa shape index (κ1) is 15.7. The number of rotatable bonds is 4. The van der Waals surface area contributed by atoms with Gasteiger partial charge >= 0.3 is 0 Å². The Balaban J connectivity index is 1.43. The third-order valence-corrected chi connectivity index (χ3v) is 4.89. The molecule has 0 atom stereocenters. The summed E-state index contributed by atoms with van der Waals surface area (Å²) in [6.45, 7) is 0.532. The molecule has 1 aliphatic carbocycles. The number of carbonyl (C=O) groups is 1. The molecule has 0 aliphatic heterocycles. The number of hydrogen-bond donors (Lipinski definition) is 2. The van der Waals surface area contributed by atoms with E-state index in [2.05, 4.69) is 33.7 Å². The van der Waals surface area contributed by atoms with E-state index in [4.69, 9.17) is 0 Å². The smallest absolute Gasteiger partial charge is 0.269 e. The van der Waals surface area contributed by atoms with Crippen LogP contribution in [-0.2, 0) is 26.4 Å². The van der Waals surface area contributed by atoms with Crippen LogP contribution in [0, 0.1) is 0 Å². The average Bonchev–Trinajstić information content (AvgIpc) is 3.28. The van der Waals surface area contributed by atoms with Gasteiger partial charge in [0, 0.05) is 19.8 Å². The summed E-state index contributed by atoms with van der Waals surface area (Å²) in [6.07, 6.45) is 6.83. The second-order valence-corrected chi connectivity index (χ2v) is 6.66. The standard InChI is InChI=1S/C20H22N4O/c1-24-10-4-7-19(24)17-12-18(23-22-17)20(25)21-13-14-8-9-15-5-2-3-6-16(15)11-14/h4,7-12H,2-3,5-6,13H2,1H3,(H,21,25)(H,22,23). The highest BCUT2D eigenvalue weighted by atomic mass is 16.1. The van der Waals surface area contributed by atoms with E-state index in [1.807, 2.05) is 29.9 Å². The number of aromatic nitrogens is 3. The molecule has 0 fully saturated rings. The second kappa shape index (κ2) is 6.59. The molecule has 0 bridgehead atoms. The molecule has 1 aliphatic rings. The Labute approximate surface area is 147 Å². The van der Waals surface area contributed by atoms with Gasteiger partial charge in [-0.2, -0.15) is 5.10 Å². The predicted molar refractivity (Wildman–Crippen MR) is 97.2 cm³/mol. The summed E-state index contributed by atoms with van der Waals surface area (Å²) in [4.78, 5) is 12.4.